The highest BCUT2D eigenvalue weighted by molar-refractivity contribution is 5.68. The third kappa shape index (κ3) is 1.53. The van der Waals surface area contributed by atoms with Gasteiger partial charge >= 0.3 is 0 Å². The summed E-state index contributed by atoms with van der Waals surface area (Å²) in [7, 11) is 2.06. The predicted molar refractivity (Wildman–Crippen MR) is 68.7 cm³/mol. The van der Waals surface area contributed by atoms with Gasteiger partial charge in [0, 0.05) is 11.6 Å². The van der Waals surface area contributed by atoms with E-state index in [1.165, 1.54) is 22.3 Å². The van der Waals surface area contributed by atoms with E-state index in [1.54, 1.807) is 0 Å². The Hall–Kier alpha value is -2.09. The van der Waals surface area contributed by atoms with Crippen molar-refractivity contribution in [1.29, 1.82) is 0 Å². The first-order chi connectivity index (χ1) is 8.27. The maximum Gasteiger partial charge on any atom is 0.194 e. The van der Waals surface area contributed by atoms with Gasteiger partial charge in [0.05, 0.1) is 0 Å². The molecule has 2 heteroatoms. The molecular formula is C15H15N2+. The summed E-state index contributed by atoms with van der Waals surface area (Å²) < 4.78 is 4.33. The van der Waals surface area contributed by atoms with Crippen molar-refractivity contribution in [1.82, 2.24) is 4.52 Å². The second-order valence-corrected chi connectivity index (χ2v) is 4.35. The fourth-order valence-corrected chi connectivity index (χ4v) is 2.32. The smallest absolute Gasteiger partial charge is 0.121 e. The van der Waals surface area contributed by atoms with Crippen molar-refractivity contribution in [3.05, 3.63) is 60.3 Å². The van der Waals surface area contributed by atoms with Gasteiger partial charge in [-0.3, -0.25) is 0 Å². The van der Waals surface area contributed by atoms with Gasteiger partial charge in [-0.2, -0.15) is 0 Å². The van der Waals surface area contributed by atoms with Crippen molar-refractivity contribution >= 4 is 5.52 Å². The van der Waals surface area contributed by atoms with Gasteiger partial charge in [-0.25, -0.2) is 0 Å². The molecule has 0 aliphatic rings. The SMILES string of the molecule is Cc1ccccc1-c1ccc2ccc[n+](C)n12. The monoisotopic (exact) mass is 223 g/mol. The molecule has 0 aliphatic carbocycles. The Bertz CT molecular complexity index is 680. The summed E-state index contributed by atoms with van der Waals surface area (Å²) in [6.45, 7) is 2.15. The van der Waals surface area contributed by atoms with Crippen molar-refractivity contribution in [3.63, 3.8) is 0 Å². The van der Waals surface area contributed by atoms with Crippen molar-refractivity contribution in [2.24, 2.45) is 7.05 Å². The van der Waals surface area contributed by atoms with Gasteiger partial charge < -0.3 is 0 Å². The predicted octanol–water partition coefficient (Wildman–Crippen LogP) is 2.74. The van der Waals surface area contributed by atoms with Gasteiger partial charge in [0.2, 0.25) is 0 Å². The second-order valence-electron chi connectivity index (χ2n) is 4.35. The molecule has 0 fully saturated rings. The van der Waals surface area contributed by atoms with Crippen LogP contribution in [0.2, 0.25) is 0 Å². The summed E-state index contributed by atoms with van der Waals surface area (Å²) in [5.41, 5.74) is 5.04. The summed E-state index contributed by atoms with van der Waals surface area (Å²) in [4.78, 5) is 0. The largest absolute Gasteiger partial charge is 0.194 e. The number of aryl methyl sites for hydroxylation is 2. The number of benzene rings is 1. The average Bonchev–Trinajstić information content (AvgIpc) is 2.75. The van der Waals surface area contributed by atoms with Crippen LogP contribution < -0.4 is 4.68 Å². The molecule has 0 radical (unpaired) electrons. The van der Waals surface area contributed by atoms with E-state index in [2.05, 4.69) is 77.9 Å². The van der Waals surface area contributed by atoms with E-state index in [-0.39, 0.29) is 0 Å². The zero-order valence-electron chi connectivity index (χ0n) is 10.1. The van der Waals surface area contributed by atoms with Gasteiger partial charge in [-0.15, -0.1) is 9.20 Å². The van der Waals surface area contributed by atoms with E-state index in [4.69, 9.17) is 0 Å². The van der Waals surface area contributed by atoms with Crippen LogP contribution >= 0.6 is 0 Å². The van der Waals surface area contributed by atoms with Crippen LogP contribution in [0.15, 0.2) is 54.7 Å². The second kappa shape index (κ2) is 3.74. The molecule has 2 aromatic heterocycles. The number of nitrogens with zero attached hydrogens (tertiary/aromatic N) is 2. The molecule has 2 nitrogen and oxygen atoms in total. The molecule has 1 aromatic carbocycles. The zero-order valence-corrected chi connectivity index (χ0v) is 10.1. The van der Waals surface area contributed by atoms with Crippen molar-refractivity contribution < 1.29 is 4.68 Å². The van der Waals surface area contributed by atoms with Crippen molar-refractivity contribution in [2.75, 3.05) is 0 Å². The van der Waals surface area contributed by atoms with E-state index < -0.39 is 0 Å². The zero-order chi connectivity index (χ0) is 11.8. The molecule has 0 saturated carbocycles. The Labute approximate surface area is 101 Å². The summed E-state index contributed by atoms with van der Waals surface area (Å²) in [6, 6.07) is 17.0. The molecule has 0 saturated heterocycles. The lowest BCUT2D eigenvalue weighted by Crippen LogP contribution is -2.36. The molecule has 0 spiro atoms. The number of hydrogen-bond donors (Lipinski definition) is 0. The van der Waals surface area contributed by atoms with E-state index in [0.29, 0.717) is 0 Å². The van der Waals surface area contributed by atoms with E-state index in [9.17, 15) is 0 Å². The average molecular weight is 223 g/mol. The highest BCUT2D eigenvalue weighted by Gasteiger charge is 2.11. The summed E-state index contributed by atoms with van der Waals surface area (Å²) in [5.74, 6) is 0. The lowest BCUT2D eigenvalue weighted by molar-refractivity contribution is -0.739. The number of fused-ring (bicyclic) bond motifs is 1. The van der Waals surface area contributed by atoms with Crippen molar-refractivity contribution in [2.45, 2.75) is 6.92 Å². The molecule has 3 aromatic rings. The van der Waals surface area contributed by atoms with Crippen molar-refractivity contribution in [3.8, 4) is 11.3 Å². The lowest BCUT2D eigenvalue weighted by atomic mass is 10.1. The molecule has 0 atom stereocenters. The molecule has 2 heterocycles. The molecule has 17 heavy (non-hydrogen) atoms. The minimum Gasteiger partial charge on any atom is -0.121 e. The van der Waals surface area contributed by atoms with E-state index in [0.717, 1.165) is 0 Å². The summed E-state index contributed by atoms with van der Waals surface area (Å²) in [6.07, 6.45) is 2.06. The molecular weight excluding hydrogens is 208 g/mol. The molecule has 84 valence electrons. The van der Waals surface area contributed by atoms with Gasteiger partial charge in [-0.05, 0) is 30.7 Å². The Morgan fingerprint density at radius 2 is 1.76 bits per heavy atom. The van der Waals surface area contributed by atoms with Gasteiger partial charge in [0.25, 0.3) is 0 Å². The fourth-order valence-electron chi connectivity index (χ4n) is 2.32. The fraction of sp³-hybridized carbons (Fsp3) is 0.133. The Kier molecular flexibility index (Phi) is 2.22. The molecule has 0 N–H and O–H groups in total. The number of rotatable bonds is 1. The molecule has 0 amide bonds. The molecule has 0 unspecified atom stereocenters. The number of aromatic nitrogens is 2. The third-order valence-corrected chi connectivity index (χ3v) is 3.19. The molecule has 0 aliphatic heterocycles. The standard InChI is InChI=1S/C15H15N2/c1-12-6-3-4-8-14(12)15-10-9-13-7-5-11-16(2)17(13)15/h3-11H,1-2H3/q+1. The topological polar surface area (TPSA) is 8.29 Å². The Morgan fingerprint density at radius 1 is 0.941 bits per heavy atom. The summed E-state index contributed by atoms with van der Waals surface area (Å²) in [5, 5.41) is 0. The summed E-state index contributed by atoms with van der Waals surface area (Å²) >= 11 is 0. The highest BCUT2D eigenvalue weighted by Crippen LogP contribution is 2.23. The van der Waals surface area contributed by atoms with Crippen LogP contribution in [-0.2, 0) is 7.05 Å². The normalized spacial score (nSPS) is 10.9. The first kappa shape index (κ1) is 10.1. The maximum atomic E-state index is 2.22. The highest BCUT2D eigenvalue weighted by atomic mass is 15.3. The maximum absolute atomic E-state index is 2.22. The first-order valence-electron chi connectivity index (χ1n) is 5.80. The minimum absolute atomic E-state index is 1.22. The van der Waals surface area contributed by atoms with Gasteiger partial charge in [0.1, 0.15) is 11.2 Å². The molecule has 0 bridgehead atoms. The van der Waals surface area contributed by atoms with Gasteiger partial charge in [-0.1, -0.05) is 24.3 Å². The van der Waals surface area contributed by atoms with E-state index in [1.807, 2.05) is 0 Å². The van der Waals surface area contributed by atoms with Crippen LogP contribution in [0, 0.1) is 6.92 Å². The Balaban J connectivity index is 2.36. The quantitative estimate of drug-likeness (QED) is 0.561. The minimum atomic E-state index is 1.22. The lowest BCUT2D eigenvalue weighted by Gasteiger charge is -2.04. The van der Waals surface area contributed by atoms with Crippen LogP contribution in [0.5, 0.6) is 0 Å². The van der Waals surface area contributed by atoms with E-state index >= 15 is 0 Å². The van der Waals surface area contributed by atoms with Crippen LogP contribution in [0.3, 0.4) is 0 Å². The van der Waals surface area contributed by atoms with Crippen LogP contribution in [0.4, 0.5) is 0 Å². The van der Waals surface area contributed by atoms with Crippen LogP contribution in [0.25, 0.3) is 16.8 Å². The van der Waals surface area contributed by atoms with Gasteiger partial charge in [0.15, 0.2) is 13.2 Å². The van der Waals surface area contributed by atoms with Crippen LogP contribution in [0.1, 0.15) is 5.56 Å². The van der Waals surface area contributed by atoms with Crippen LogP contribution in [-0.4, -0.2) is 4.52 Å². The third-order valence-electron chi connectivity index (χ3n) is 3.19. The Morgan fingerprint density at radius 3 is 2.59 bits per heavy atom. The number of hydrogen-bond acceptors (Lipinski definition) is 0. The first-order valence-corrected chi connectivity index (χ1v) is 5.80. The molecule has 3 rings (SSSR count).